The summed E-state index contributed by atoms with van der Waals surface area (Å²) in [5.41, 5.74) is 2.39. The highest BCUT2D eigenvalue weighted by atomic mass is 32.2. The molecule has 2 aromatic carbocycles. The molecule has 0 saturated heterocycles. The van der Waals surface area contributed by atoms with Gasteiger partial charge in [-0.2, -0.15) is 0 Å². The Morgan fingerprint density at radius 2 is 1.74 bits per heavy atom. The summed E-state index contributed by atoms with van der Waals surface area (Å²) in [7, 11) is 0. The Balaban J connectivity index is 2.16. The Bertz CT molecular complexity index is 561. The van der Waals surface area contributed by atoms with Gasteiger partial charge >= 0.3 is 0 Å². The average molecular weight is 280 g/mol. The zero-order valence-corrected chi connectivity index (χ0v) is 11.3. The van der Waals surface area contributed by atoms with Gasteiger partial charge in [-0.25, -0.2) is 8.78 Å². The van der Waals surface area contributed by atoms with Gasteiger partial charge in [0.15, 0.2) is 0 Å². The van der Waals surface area contributed by atoms with Gasteiger partial charge in [-0.05, 0) is 30.2 Å². The van der Waals surface area contributed by atoms with E-state index in [0.29, 0.717) is 5.75 Å². The lowest BCUT2D eigenvalue weighted by atomic mass is 10.2. The second-order valence-electron chi connectivity index (χ2n) is 4.32. The highest BCUT2D eigenvalue weighted by Crippen LogP contribution is 2.29. The number of rotatable bonds is 4. The molecule has 0 aliphatic rings. The predicted molar refractivity (Wildman–Crippen MR) is 73.0 cm³/mol. The molecule has 0 aromatic heterocycles. The average Bonchev–Trinajstić information content (AvgIpc) is 2.37. The Hall–Kier alpha value is -1.39. The molecule has 1 nitrogen and oxygen atoms in total. The van der Waals surface area contributed by atoms with Crippen molar-refractivity contribution in [3.05, 3.63) is 64.7 Å². The molecule has 0 amide bonds. The monoisotopic (exact) mass is 280 g/mol. The number of halogens is 2. The van der Waals surface area contributed by atoms with Crippen molar-refractivity contribution in [1.82, 2.24) is 0 Å². The van der Waals surface area contributed by atoms with Crippen LogP contribution in [0.5, 0.6) is 0 Å². The number of benzene rings is 2. The molecule has 4 heteroatoms. The maximum absolute atomic E-state index is 13.7. The first kappa shape index (κ1) is 14.0. The Kier molecular flexibility index (Phi) is 4.56. The molecule has 0 unspecified atom stereocenters. The number of aliphatic hydroxyl groups excluding tert-OH is 1. The van der Waals surface area contributed by atoms with E-state index in [2.05, 4.69) is 0 Å². The van der Waals surface area contributed by atoms with Crippen LogP contribution in [-0.4, -0.2) is 5.11 Å². The Labute approximate surface area is 115 Å². The Morgan fingerprint density at radius 3 is 2.32 bits per heavy atom. The standard InChI is InChI=1S/C15H14F2OS/c1-10-3-2-4-11(5-10)9-19-15-13(16)6-12(8-18)7-14(15)17/h2-7,18H,8-9H2,1H3. The molecule has 0 aliphatic carbocycles. The second kappa shape index (κ2) is 6.17. The van der Waals surface area contributed by atoms with Crippen LogP contribution < -0.4 is 0 Å². The normalized spacial score (nSPS) is 10.7. The third-order valence-corrected chi connectivity index (χ3v) is 3.86. The van der Waals surface area contributed by atoms with Crippen LogP contribution in [-0.2, 0) is 12.4 Å². The summed E-state index contributed by atoms with van der Waals surface area (Å²) < 4.78 is 27.4. The topological polar surface area (TPSA) is 20.2 Å². The van der Waals surface area contributed by atoms with Crippen LogP contribution >= 0.6 is 11.8 Å². The van der Waals surface area contributed by atoms with E-state index in [1.165, 1.54) is 12.1 Å². The number of hydrogen-bond donors (Lipinski definition) is 1. The third kappa shape index (κ3) is 3.55. The summed E-state index contributed by atoms with van der Waals surface area (Å²) in [6, 6.07) is 10.2. The van der Waals surface area contributed by atoms with E-state index in [-0.39, 0.29) is 17.1 Å². The number of hydrogen-bond acceptors (Lipinski definition) is 2. The molecule has 19 heavy (non-hydrogen) atoms. The molecule has 0 heterocycles. The number of thioether (sulfide) groups is 1. The molecular weight excluding hydrogens is 266 g/mol. The number of aliphatic hydroxyl groups is 1. The van der Waals surface area contributed by atoms with Crippen molar-refractivity contribution in [3.8, 4) is 0 Å². The van der Waals surface area contributed by atoms with Crippen LogP contribution in [0.4, 0.5) is 8.78 Å². The zero-order valence-electron chi connectivity index (χ0n) is 10.5. The van der Waals surface area contributed by atoms with Gasteiger partial charge in [-0.15, -0.1) is 11.8 Å². The van der Waals surface area contributed by atoms with Crippen molar-refractivity contribution in [2.24, 2.45) is 0 Å². The largest absolute Gasteiger partial charge is 0.392 e. The van der Waals surface area contributed by atoms with E-state index in [0.717, 1.165) is 22.9 Å². The summed E-state index contributed by atoms with van der Waals surface area (Å²) in [5.74, 6) is -0.739. The number of aryl methyl sites for hydroxylation is 1. The van der Waals surface area contributed by atoms with Gasteiger partial charge in [0.05, 0.1) is 11.5 Å². The molecule has 2 aromatic rings. The van der Waals surface area contributed by atoms with Gasteiger partial charge in [-0.1, -0.05) is 29.8 Å². The van der Waals surface area contributed by atoms with Gasteiger partial charge in [0.1, 0.15) is 11.6 Å². The van der Waals surface area contributed by atoms with E-state index in [9.17, 15) is 8.78 Å². The van der Waals surface area contributed by atoms with Crippen molar-refractivity contribution in [2.75, 3.05) is 0 Å². The van der Waals surface area contributed by atoms with Gasteiger partial charge in [-0.3, -0.25) is 0 Å². The molecule has 0 bridgehead atoms. The minimum atomic E-state index is -0.623. The quantitative estimate of drug-likeness (QED) is 0.852. The lowest BCUT2D eigenvalue weighted by Gasteiger charge is -2.07. The minimum absolute atomic E-state index is 0.00120. The van der Waals surface area contributed by atoms with Crippen molar-refractivity contribution in [2.45, 2.75) is 24.2 Å². The first-order chi connectivity index (χ1) is 9.10. The third-order valence-electron chi connectivity index (χ3n) is 2.71. The Morgan fingerprint density at radius 1 is 1.05 bits per heavy atom. The minimum Gasteiger partial charge on any atom is -0.392 e. The lowest BCUT2D eigenvalue weighted by molar-refractivity contribution is 0.280. The fourth-order valence-electron chi connectivity index (χ4n) is 1.80. The second-order valence-corrected chi connectivity index (χ2v) is 5.31. The van der Waals surface area contributed by atoms with Crippen molar-refractivity contribution >= 4 is 11.8 Å². The van der Waals surface area contributed by atoms with Crippen LogP contribution in [0.2, 0.25) is 0 Å². The molecule has 2 rings (SSSR count). The van der Waals surface area contributed by atoms with E-state index < -0.39 is 11.6 Å². The molecule has 0 saturated carbocycles. The molecule has 0 fully saturated rings. The highest BCUT2D eigenvalue weighted by molar-refractivity contribution is 7.98. The highest BCUT2D eigenvalue weighted by Gasteiger charge is 2.11. The van der Waals surface area contributed by atoms with E-state index >= 15 is 0 Å². The van der Waals surface area contributed by atoms with Crippen molar-refractivity contribution < 1.29 is 13.9 Å². The fourth-order valence-corrected chi connectivity index (χ4v) is 2.68. The van der Waals surface area contributed by atoms with Crippen molar-refractivity contribution in [3.63, 3.8) is 0 Å². The van der Waals surface area contributed by atoms with Crippen LogP contribution in [0.15, 0.2) is 41.3 Å². The molecular formula is C15H14F2OS. The first-order valence-corrected chi connectivity index (χ1v) is 6.86. The predicted octanol–water partition coefficient (Wildman–Crippen LogP) is 4.06. The molecule has 1 N–H and O–H groups in total. The van der Waals surface area contributed by atoms with E-state index in [1.807, 2.05) is 31.2 Å². The summed E-state index contributed by atoms with van der Waals surface area (Å²) in [6.07, 6.45) is 0. The first-order valence-electron chi connectivity index (χ1n) is 5.87. The van der Waals surface area contributed by atoms with Crippen LogP contribution in [0.25, 0.3) is 0 Å². The summed E-state index contributed by atoms with van der Waals surface area (Å²) in [6.45, 7) is 1.61. The van der Waals surface area contributed by atoms with Crippen LogP contribution in [0, 0.1) is 18.6 Å². The summed E-state index contributed by atoms with van der Waals surface area (Å²) in [5, 5.41) is 8.88. The van der Waals surface area contributed by atoms with Gasteiger partial charge < -0.3 is 5.11 Å². The summed E-state index contributed by atoms with van der Waals surface area (Å²) >= 11 is 1.12. The molecule has 0 spiro atoms. The maximum Gasteiger partial charge on any atom is 0.140 e. The fraction of sp³-hybridized carbons (Fsp3) is 0.200. The van der Waals surface area contributed by atoms with Gasteiger partial charge in [0, 0.05) is 5.75 Å². The smallest absolute Gasteiger partial charge is 0.140 e. The van der Waals surface area contributed by atoms with E-state index in [4.69, 9.17) is 5.11 Å². The maximum atomic E-state index is 13.7. The van der Waals surface area contributed by atoms with Crippen LogP contribution in [0.3, 0.4) is 0 Å². The SMILES string of the molecule is Cc1cccc(CSc2c(F)cc(CO)cc2F)c1. The molecule has 0 atom stereocenters. The summed E-state index contributed by atoms with van der Waals surface area (Å²) in [4.78, 5) is -0.00120. The van der Waals surface area contributed by atoms with Crippen LogP contribution in [0.1, 0.15) is 16.7 Å². The molecule has 0 radical (unpaired) electrons. The zero-order chi connectivity index (χ0) is 13.8. The molecule has 100 valence electrons. The van der Waals surface area contributed by atoms with Gasteiger partial charge in [0.25, 0.3) is 0 Å². The van der Waals surface area contributed by atoms with Gasteiger partial charge in [0.2, 0.25) is 0 Å². The lowest BCUT2D eigenvalue weighted by Crippen LogP contribution is -1.93. The van der Waals surface area contributed by atoms with E-state index in [1.54, 1.807) is 0 Å². The molecule has 0 aliphatic heterocycles. The van der Waals surface area contributed by atoms with Crippen molar-refractivity contribution in [1.29, 1.82) is 0 Å².